The third-order valence-corrected chi connectivity index (χ3v) is 1.79. The van der Waals surface area contributed by atoms with Crippen molar-refractivity contribution in [2.75, 3.05) is 0 Å². The van der Waals surface area contributed by atoms with E-state index in [2.05, 4.69) is 36.1 Å². The molecule has 0 radical (unpaired) electrons. The van der Waals surface area contributed by atoms with Gasteiger partial charge in [-0.15, -0.1) is 5.73 Å². The first-order valence-electron chi connectivity index (χ1n) is 3.26. The van der Waals surface area contributed by atoms with Crippen molar-refractivity contribution in [1.29, 1.82) is 0 Å². The highest BCUT2D eigenvalue weighted by Gasteiger charge is 2.11. The molecule has 0 fully saturated rings. The summed E-state index contributed by atoms with van der Waals surface area (Å²) in [5, 5.41) is 0. The Morgan fingerprint density at radius 3 is 3.44 bits per heavy atom. The average Bonchev–Trinajstić information content (AvgIpc) is 2.33. The maximum absolute atomic E-state index is 3.11. The number of rotatable bonds is 0. The molecule has 44 valence electrons. The fourth-order valence-corrected chi connectivity index (χ4v) is 1.24. The Labute approximate surface area is 54.9 Å². The van der Waals surface area contributed by atoms with Crippen molar-refractivity contribution in [1.82, 2.24) is 0 Å². The van der Waals surface area contributed by atoms with Gasteiger partial charge in [0.1, 0.15) is 0 Å². The van der Waals surface area contributed by atoms with E-state index in [-0.39, 0.29) is 0 Å². The van der Waals surface area contributed by atoms with E-state index < -0.39 is 0 Å². The molecule has 0 spiro atoms. The molecular weight excluding hydrogens is 108 g/mol. The zero-order valence-electron chi connectivity index (χ0n) is 5.17. The Balaban J connectivity index is 2.38. The first kappa shape index (κ1) is 4.84. The Morgan fingerprint density at radius 2 is 2.56 bits per heavy atom. The molecule has 0 heteroatoms. The minimum absolute atomic E-state index is 0.648. The number of hydrogen-bond donors (Lipinski definition) is 0. The second kappa shape index (κ2) is 1.75. The molecule has 0 aliphatic heterocycles. The zero-order chi connectivity index (χ0) is 6.10. The van der Waals surface area contributed by atoms with Gasteiger partial charge >= 0.3 is 0 Å². The number of fused-ring (bicyclic) bond motifs is 1. The van der Waals surface area contributed by atoms with Gasteiger partial charge in [-0.3, -0.25) is 0 Å². The molecule has 1 atom stereocenters. The van der Waals surface area contributed by atoms with Crippen LogP contribution < -0.4 is 0 Å². The van der Waals surface area contributed by atoms with Crippen molar-refractivity contribution in [3.05, 3.63) is 41.7 Å². The third-order valence-electron chi connectivity index (χ3n) is 1.79. The van der Waals surface area contributed by atoms with E-state index in [1.54, 1.807) is 0 Å². The van der Waals surface area contributed by atoms with Gasteiger partial charge in [0, 0.05) is 5.92 Å². The summed E-state index contributed by atoms with van der Waals surface area (Å²) < 4.78 is 0. The molecule has 0 aromatic heterocycles. The van der Waals surface area contributed by atoms with Crippen molar-refractivity contribution in [2.24, 2.45) is 5.92 Å². The fourth-order valence-electron chi connectivity index (χ4n) is 1.24. The molecule has 2 aliphatic rings. The summed E-state index contributed by atoms with van der Waals surface area (Å²) >= 11 is 0. The van der Waals surface area contributed by atoms with E-state index in [0.717, 1.165) is 6.42 Å². The maximum atomic E-state index is 3.11. The van der Waals surface area contributed by atoms with Gasteiger partial charge in [-0.05, 0) is 24.1 Å². The predicted molar refractivity (Wildman–Crippen MR) is 38.0 cm³/mol. The van der Waals surface area contributed by atoms with Crippen molar-refractivity contribution in [3.63, 3.8) is 0 Å². The van der Waals surface area contributed by atoms with Crippen LogP contribution in [-0.2, 0) is 0 Å². The van der Waals surface area contributed by atoms with Crippen LogP contribution in [0.5, 0.6) is 0 Å². The van der Waals surface area contributed by atoms with Crippen LogP contribution in [0.4, 0.5) is 0 Å². The molecule has 0 bridgehead atoms. The number of allylic oxidation sites excluding steroid dienone is 5. The fraction of sp³-hybridized carbons (Fsp3) is 0.222. The lowest BCUT2D eigenvalue weighted by molar-refractivity contribution is 0.799. The highest BCUT2D eigenvalue weighted by Crippen LogP contribution is 2.25. The molecule has 0 saturated heterocycles. The molecule has 0 saturated carbocycles. The molecule has 0 nitrogen and oxygen atoms in total. The van der Waals surface area contributed by atoms with Crippen LogP contribution >= 0.6 is 0 Å². The molecule has 0 aromatic carbocycles. The van der Waals surface area contributed by atoms with Gasteiger partial charge in [-0.25, -0.2) is 0 Å². The van der Waals surface area contributed by atoms with E-state index >= 15 is 0 Å². The van der Waals surface area contributed by atoms with Crippen LogP contribution in [0.15, 0.2) is 41.7 Å². The van der Waals surface area contributed by atoms with Gasteiger partial charge in [-0.2, -0.15) is 0 Å². The Bertz CT molecular complexity index is 235. The minimum atomic E-state index is 0.648. The molecule has 0 aromatic rings. The maximum Gasteiger partial charge on any atom is 0.0135 e. The largest absolute Gasteiger partial charge is 0.124 e. The molecular formula is C9H8. The lowest BCUT2D eigenvalue weighted by atomic mass is 9.95. The van der Waals surface area contributed by atoms with Crippen LogP contribution in [-0.4, -0.2) is 0 Å². The van der Waals surface area contributed by atoms with E-state index in [9.17, 15) is 0 Å². The topological polar surface area (TPSA) is 0 Å². The standard InChI is InChI=1S/C9H8/c1-2-5-9-7-3-6-8(9)4-1/h1-2,4,6-7,9H,5H2. The van der Waals surface area contributed by atoms with Gasteiger partial charge in [0.2, 0.25) is 0 Å². The van der Waals surface area contributed by atoms with Crippen LogP contribution in [0.1, 0.15) is 6.42 Å². The van der Waals surface area contributed by atoms with Crippen molar-refractivity contribution in [2.45, 2.75) is 6.42 Å². The average molecular weight is 116 g/mol. The summed E-state index contributed by atoms with van der Waals surface area (Å²) in [6, 6.07) is 0. The van der Waals surface area contributed by atoms with Crippen LogP contribution in [0.25, 0.3) is 0 Å². The van der Waals surface area contributed by atoms with Crippen molar-refractivity contribution < 1.29 is 0 Å². The highest BCUT2D eigenvalue weighted by molar-refractivity contribution is 5.36. The van der Waals surface area contributed by atoms with E-state index in [4.69, 9.17) is 0 Å². The Hall–Kier alpha value is -1.00. The highest BCUT2D eigenvalue weighted by atomic mass is 14.1. The lowest BCUT2D eigenvalue weighted by Crippen LogP contribution is -1.96. The minimum Gasteiger partial charge on any atom is -0.124 e. The van der Waals surface area contributed by atoms with Crippen LogP contribution in [0.3, 0.4) is 0 Å². The summed E-state index contributed by atoms with van der Waals surface area (Å²) in [5.41, 5.74) is 4.52. The van der Waals surface area contributed by atoms with Gasteiger partial charge in [0.25, 0.3) is 0 Å². The normalized spacial score (nSPS) is 28.4. The summed E-state index contributed by atoms with van der Waals surface area (Å²) in [6.45, 7) is 0. The first-order valence-corrected chi connectivity index (χ1v) is 3.26. The third kappa shape index (κ3) is 0.684. The van der Waals surface area contributed by atoms with Crippen LogP contribution in [0, 0.1) is 5.92 Å². The van der Waals surface area contributed by atoms with Gasteiger partial charge in [0.15, 0.2) is 0 Å². The van der Waals surface area contributed by atoms with Crippen molar-refractivity contribution >= 4 is 0 Å². The molecule has 1 unspecified atom stereocenters. The SMILES string of the molecule is C1=CC2=CC=CCC2C=1. The molecule has 9 heavy (non-hydrogen) atoms. The van der Waals surface area contributed by atoms with E-state index in [0.29, 0.717) is 5.92 Å². The lowest BCUT2D eigenvalue weighted by Gasteiger charge is -2.09. The molecule has 2 aliphatic carbocycles. The second-order valence-electron chi connectivity index (χ2n) is 2.41. The summed E-state index contributed by atoms with van der Waals surface area (Å²) in [4.78, 5) is 0. The molecule has 0 heterocycles. The Morgan fingerprint density at radius 1 is 1.56 bits per heavy atom. The van der Waals surface area contributed by atoms with Crippen LogP contribution in [0.2, 0.25) is 0 Å². The molecule has 0 amide bonds. The molecule has 2 rings (SSSR count). The van der Waals surface area contributed by atoms with Gasteiger partial charge in [0.05, 0.1) is 0 Å². The summed E-state index contributed by atoms with van der Waals surface area (Å²) in [7, 11) is 0. The summed E-state index contributed by atoms with van der Waals surface area (Å²) in [6.07, 6.45) is 11.8. The Kier molecular flexibility index (Phi) is 0.941. The monoisotopic (exact) mass is 116 g/mol. The van der Waals surface area contributed by atoms with Gasteiger partial charge < -0.3 is 0 Å². The molecule has 0 N–H and O–H groups in total. The zero-order valence-corrected chi connectivity index (χ0v) is 5.17. The first-order chi connectivity index (χ1) is 4.47. The second-order valence-corrected chi connectivity index (χ2v) is 2.41. The quantitative estimate of drug-likeness (QED) is 0.426. The van der Waals surface area contributed by atoms with Gasteiger partial charge in [-0.1, -0.05) is 18.2 Å². The van der Waals surface area contributed by atoms with E-state index in [1.165, 1.54) is 5.57 Å². The summed E-state index contributed by atoms with van der Waals surface area (Å²) in [5.74, 6) is 0.648. The van der Waals surface area contributed by atoms with Crippen molar-refractivity contribution in [3.8, 4) is 0 Å². The smallest absolute Gasteiger partial charge is 0.0135 e. The number of hydrogen-bond acceptors (Lipinski definition) is 0. The van der Waals surface area contributed by atoms with E-state index in [1.807, 2.05) is 0 Å². The predicted octanol–water partition coefficient (Wildman–Crippen LogP) is 2.21.